The molecule has 1 aromatic heterocycles. The van der Waals surface area contributed by atoms with Crippen LogP contribution in [-0.2, 0) is 13.0 Å². The van der Waals surface area contributed by atoms with Crippen LogP contribution < -0.4 is 5.43 Å². The molecule has 2 rings (SSSR count). The van der Waals surface area contributed by atoms with Crippen molar-refractivity contribution in [3.05, 3.63) is 45.2 Å². The van der Waals surface area contributed by atoms with Crippen molar-refractivity contribution < 1.29 is 0 Å². The summed E-state index contributed by atoms with van der Waals surface area (Å²) >= 11 is 0. The van der Waals surface area contributed by atoms with Crippen molar-refractivity contribution in [2.75, 3.05) is 13.1 Å². The summed E-state index contributed by atoms with van der Waals surface area (Å²) in [5.41, 5.74) is 4.32. The molecule has 0 aliphatic heterocycles. The van der Waals surface area contributed by atoms with Gasteiger partial charge in [-0.25, -0.2) is 0 Å². The standard InChI is InChI=1S/C21H32N2O/c1-5-8-12-23(13-9-6-2)15-19-16(4)22-20-11-10-17(7-3)14-18(20)21(19)24/h10-11,14H,5-9,12-13,15H2,1-4H3,(H,22,24). The Kier molecular flexibility index (Phi) is 7.04. The van der Waals surface area contributed by atoms with Gasteiger partial charge >= 0.3 is 0 Å². The maximum atomic E-state index is 13.1. The number of fused-ring (bicyclic) bond motifs is 1. The third-order valence-electron chi connectivity index (χ3n) is 4.82. The number of hydrogen-bond acceptors (Lipinski definition) is 2. The zero-order chi connectivity index (χ0) is 17.5. The van der Waals surface area contributed by atoms with Gasteiger partial charge in [-0.05, 0) is 57.0 Å². The van der Waals surface area contributed by atoms with E-state index in [0.717, 1.165) is 48.2 Å². The summed E-state index contributed by atoms with van der Waals surface area (Å²) < 4.78 is 0. The van der Waals surface area contributed by atoms with E-state index in [1.54, 1.807) is 0 Å². The fourth-order valence-corrected chi connectivity index (χ4v) is 3.17. The van der Waals surface area contributed by atoms with E-state index < -0.39 is 0 Å². The van der Waals surface area contributed by atoms with Crippen molar-refractivity contribution in [1.29, 1.82) is 0 Å². The molecule has 0 unspecified atom stereocenters. The van der Waals surface area contributed by atoms with Gasteiger partial charge in [0.25, 0.3) is 0 Å². The Morgan fingerprint density at radius 2 is 1.71 bits per heavy atom. The van der Waals surface area contributed by atoms with Gasteiger partial charge in [0.05, 0.1) is 0 Å². The summed E-state index contributed by atoms with van der Waals surface area (Å²) in [6.45, 7) is 11.5. The summed E-state index contributed by atoms with van der Waals surface area (Å²) in [6, 6.07) is 6.20. The van der Waals surface area contributed by atoms with Gasteiger partial charge in [0.15, 0.2) is 5.43 Å². The van der Waals surface area contributed by atoms with Crippen molar-refractivity contribution in [2.45, 2.75) is 66.3 Å². The summed E-state index contributed by atoms with van der Waals surface area (Å²) in [6.07, 6.45) is 5.71. The van der Waals surface area contributed by atoms with Crippen LogP contribution in [0.15, 0.2) is 23.0 Å². The van der Waals surface area contributed by atoms with E-state index in [0.29, 0.717) is 0 Å². The molecule has 0 saturated heterocycles. The van der Waals surface area contributed by atoms with Crippen molar-refractivity contribution in [3.63, 3.8) is 0 Å². The van der Waals surface area contributed by atoms with Crippen LogP contribution in [-0.4, -0.2) is 23.0 Å². The van der Waals surface area contributed by atoms with E-state index in [9.17, 15) is 4.79 Å². The number of pyridine rings is 1. The average Bonchev–Trinajstić information content (AvgIpc) is 2.60. The zero-order valence-corrected chi connectivity index (χ0v) is 15.7. The highest BCUT2D eigenvalue weighted by molar-refractivity contribution is 5.80. The maximum Gasteiger partial charge on any atom is 0.194 e. The summed E-state index contributed by atoms with van der Waals surface area (Å²) in [5.74, 6) is 0. The molecule has 0 spiro atoms. The smallest absolute Gasteiger partial charge is 0.194 e. The molecule has 0 fully saturated rings. The predicted octanol–water partition coefficient (Wildman–Crippen LogP) is 4.80. The van der Waals surface area contributed by atoms with Crippen LogP contribution in [0.1, 0.15) is 63.3 Å². The average molecular weight is 329 g/mol. The van der Waals surface area contributed by atoms with E-state index in [1.165, 1.54) is 31.2 Å². The second kappa shape index (κ2) is 9.03. The molecule has 3 nitrogen and oxygen atoms in total. The van der Waals surface area contributed by atoms with Gasteiger partial charge in [-0.15, -0.1) is 0 Å². The highest BCUT2D eigenvalue weighted by atomic mass is 16.1. The first-order valence-electron chi connectivity index (χ1n) is 9.47. The van der Waals surface area contributed by atoms with Crippen LogP contribution >= 0.6 is 0 Å². The Hall–Kier alpha value is -1.61. The van der Waals surface area contributed by atoms with E-state index in [2.05, 4.69) is 42.8 Å². The normalized spacial score (nSPS) is 11.5. The Morgan fingerprint density at radius 3 is 2.29 bits per heavy atom. The molecule has 1 heterocycles. The molecular formula is C21H32N2O. The summed E-state index contributed by atoms with van der Waals surface area (Å²) in [4.78, 5) is 18.9. The molecule has 1 N–H and O–H groups in total. The second-order valence-corrected chi connectivity index (χ2v) is 6.77. The van der Waals surface area contributed by atoms with Crippen molar-refractivity contribution >= 4 is 10.9 Å². The topological polar surface area (TPSA) is 36.1 Å². The largest absolute Gasteiger partial charge is 0.358 e. The predicted molar refractivity (Wildman–Crippen MR) is 104 cm³/mol. The first-order valence-corrected chi connectivity index (χ1v) is 9.47. The second-order valence-electron chi connectivity index (χ2n) is 6.77. The zero-order valence-electron chi connectivity index (χ0n) is 15.7. The number of benzene rings is 1. The van der Waals surface area contributed by atoms with Gasteiger partial charge in [-0.2, -0.15) is 0 Å². The molecule has 3 heteroatoms. The Bertz CT molecular complexity index is 710. The van der Waals surface area contributed by atoms with Gasteiger partial charge in [0, 0.05) is 28.7 Å². The number of H-pyrrole nitrogens is 1. The summed E-state index contributed by atoms with van der Waals surface area (Å²) in [5, 5.41) is 0.834. The van der Waals surface area contributed by atoms with Crippen molar-refractivity contribution in [1.82, 2.24) is 9.88 Å². The SMILES string of the molecule is CCCCN(CCCC)Cc1c(C)[nH]c2ccc(CC)cc2c1=O. The fourth-order valence-electron chi connectivity index (χ4n) is 3.17. The molecule has 1 aromatic carbocycles. The Labute approximate surface area is 146 Å². The third kappa shape index (κ3) is 4.47. The molecule has 2 aromatic rings. The molecule has 0 atom stereocenters. The number of nitrogens with one attached hydrogen (secondary N) is 1. The molecule has 0 saturated carbocycles. The lowest BCUT2D eigenvalue weighted by molar-refractivity contribution is 0.256. The quantitative estimate of drug-likeness (QED) is 0.717. The number of aryl methyl sites for hydroxylation is 2. The molecule has 24 heavy (non-hydrogen) atoms. The number of unbranched alkanes of at least 4 members (excludes halogenated alkanes) is 2. The van der Waals surface area contributed by atoms with Gasteiger partial charge in [0.1, 0.15) is 0 Å². The van der Waals surface area contributed by atoms with Gasteiger partial charge in [-0.1, -0.05) is 39.7 Å². The lowest BCUT2D eigenvalue weighted by Gasteiger charge is -2.23. The lowest BCUT2D eigenvalue weighted by atomic mass is 10.0. The minimum atomic E-state index is 0.203. The van der Waals surface area contributed by atoms with Crippen LogP contribution in [0.2, 0.25) is 0 Å². The highest BCUT2D eigenvalue weighted by Crippen LogP contribution is 2.16. The van der Waals surface area contributed by atoms with Crippen molar-refractivity contribution in [2.24, 2.45) is 0 Å². The molecule has 0 aliphatic carbocycles. The van der Waals surface area contributed by atoms with E-state index in [1.807, 2.05) is 13.0 Å². The molecule has 0 bridgehead atoms. The Balaban J connectivity index is 2.36. The molecule has 0 amide bonds. The summed E-state index contributed by atoms with van der Waals surface area (Å²) in [7, 11) is 0. The number of aromatic amines is 1. The highest BCUT2D eigenvalue weighted by Gasteiger charge is 2.13. The lowest BCUT2D eigenvalue weighted by Crippen LogP contribution is -2.29. The van der Waals surface area contributed by atoms with Crippen LogP contribution in [0.4, 0.5) is 0 Å². The molecule has 132 valence electrons. The molecule has 0 radical (unpaired) electrons. The first kappa shape index (κ1) is 18.7. The van der Waals surface area contributed by atoms with Gasteiger partial charge in [-0.3, -0.25) is 9.69 Å². The minimum absolute atomic E-state index is 0.203. The van der Waals surface area contributed by atoms with E-state index >= 15 is 0 Å². The number of aromatic nitrogens is 1. The van der Waals surface area contributed by atoms with Crippen LogP contribution in [0.25, 0.3) is 10.9 Å². The number of hydrogen-bond donors (Lipinski definition) is 1. The van der Waals surface area contributed by atoms with Crippen molar-refractivity contribution in [3.8, 4) is 0 Å². The third-order valence-corrected chi connectivity index (χ3v) is 4.82. The Morgan fingerprint density at radius 1 is 1.04 bits per heavy atom. The molecular weight excluding hydrogens is 296 g/mol. The van der Waals surface area contributed by atoms with E-state index in [-0.39, 0.29) is 5.43 Å². The number of nitrogens with zero attached hydrogens (tertiary/aromatic N) is 1. The monoisotopic (exact) mass is 328 g/mol. The fraction of sp³-hybridized carbons (Fsp3) is 0.571. The van der Waals surface area contributed by atoms with Gasteiger partial charge < -0.3 is 4.98 Å². The molecule has 0 aliphatic rings. The maximum absolute atomic E-state index is 13.1. The van der Waals surface area contributed by atoms with Gasteiger partial charge in [0.2, 0.25) is 0 Å². The van der Waals surface area contributed by atoms with E-state index in [4.69, 9.17) is 0 Å². The van der Waals surface area contributed by atoms with Crippen LogP contribution in [0, 0.1) is 6.92 Å². The number of rotatable bonds is 9. The van der Waals surface area contributed by atoms with Crippen LogP contribution in [0.5, 0.6) is 0 Å². The van der Waals surface area contributed by atoms with Crippen LogP contribution in [0.3, 0.4) is 0 Å². The first-order chi connectivity index (χ1) is 11.6. The minimum Gasteiger partial charge on any atom is -0.358 e.